The standard InChI is InChI=1S/C13H13N5O4/c1-3-13(21)9(20)8(6(2)19)22-11(13)18-5-16-7-4-15-12(14)17-10(7)18/h1,4-6,11,19-21H,2H3,(H2,14,15,17)/t6-,11-,13?/m1/s1. The number of ether oxygens (including phenoxy) is 1. The molecule has 2 aromatic rings. The molecule has 1 aliphatic rings. The van der Waals surface area contributed by atoms with Crippen molar-refractivity contribution in [2.45, 2.75) is 24.9 Å². The van der Waals surface area contributed by atoms with Crippen molar-refractivity contribution >= 4 is 17.1 Å². The normalized spacial score (nSPS) is 26.0. The summed E-state index contributed by atoms with van der Waals surface area (Å²) >= 11 is 0. The van der Waals surface area contributed by atoms with E-state index in [9.17, 15) is 15.3 Å². The molecule has 114 valence electrons. The molecule has 0 amide bonds. The van der Waals surface area contributed by atoms with Crippen LogP contribution in [0.2, 0.25) is 0 Å². The van der Waals surface area contributed by atoms with E-state index in [1.54, 1.807) is 0 Å². The SMILES string of the molecule is C#CC1(O)C(O)=C([C@@H](C)O)O[C@H]1n1cnc2cnc(N)nc21. The molecule has 0 radical (unpaired) electrons. The highest BCUT2D eigenvalue weighted by atomic mass is 16.6. The maximum Gasteiger partial charge on any atom is 0.243 e. The lowest BCUT2D eigenvalue weighted by atomic mass is 10.0. The van der Waals surface area contributed by atoms with Gasteiger partial charge in [0.05, 0.1) is 6.20 Å². The molecule has 9 nitrogen and oxygen atoms in total. The van der Waals surface area contributed by atoms with Crippen LogP contribution in [0.15, 0.2) is 24.0 Å². The number of anilines is 1. The molecule has 0 bridgehead atoms. The Balaban J connectivity index is 2.16. The van der Waals surface area contributed by atoms with Gasteiger partial charge in [-0.25, -0.2) is 9.97 Å². The minimum Gasteiger partial charge on any atom is -0.505 e. The fourth-order valence-electron chi connectivity index (χ4n) is 2.27. The molecule has 1 unspecified atom stereocenters. The van der Waals surface area contributed by atoms with Crippen LogP contribution < -0.4 is 5.73 Å². The summed E-state index contributed by atoms with van der Waals surface area (Å²) < 4.78 is 6.76. The van der Waals surface area contributed by atoms with E-state index in [-0.39, 0.29) is 17.4 Å². The van der Waals surface area contributed by atoms with E-state index in [2.05, 4.69) is 20.9 Å². The number of aliphatic hydroxyl groups is 3. The number of imidazole rings is 1. The molecule has 0 fully saturated rings. The first-order valence-electron chi connectivity index (χ1n) is 6.32. The van der Waals surface area contributed by atoms with E-state index < -0.39 is 23.7 Å². The summed E-state index contributed by atoms with van der Waals surface area (Å²) in [7, 11) is 0. The minimum atomic E-state index is -2.17. The van der Waals surface area contributed by atoms with Crippen LogP contribution in [0.3, 0.4) is 0 Å². The van der Waals surface area contributed by atoms with E-state index in [1.165, 1.54) is 24.0 Å². The average Bonchev–Trinajstić information content (AvgIpc) is 2.99. The Morgan fingerprint density at radius 3 is 2.91 bits per heavy atom. The first-order valence-corrected chi connectivity index (χ1v) is 6.32. The molecule has 3 atom stereocenters. The lowest BCUT2D eigenvalue weighted by molar-refractivity contribution is -0.0552. The quantitative estimate of drug-likeness (QED) is 0.542. The predicted octanol–water partition coefficient (Wildman–Crippen LogP) is -0.548. The first kappa shape index (κ1) is 14.1. The van der Waals surface area contributed by atoms with Crippen molar-refractivity contribution in [3.63, 3.8) is 0 Å². The van der Waals surface area contributed by atoms with Crippen LogP contribution in [0.25, 0.3) is 11.2 Å². The summed E-state index contributed by atoms with van der Waals surface area (Å²) in [6.45, 7) is 1.37. The van der Waals surface area contributed by atoms with E-state index in [1.807, 2.05) is 0 Å². The Morgan fingerprint density at radius 1 is 1.55 bits per heavy atom. The van der Waals surface area contributed by atoms with Crippen LogP contribution in [0.1, 0.15) is 13.2 Å². The Labute approximate surface area is 124 Å². The Kier molecular flexibility index (Phi) is 2.94. The number of nitrogens with zero attached hydrogens (tertiary/aromatic N) is 4. The molecule has 0 saturated heterocycles. The lowest BCUT2D eigenvalue weighted by Crippen LogP contribution is -2.37. The average molecular weight is 303 g/mol. The van der Waals surface area contributed by atoms with Gasteiger partial charge in [-0.1, -0.05) is 5.92 Å². The smallest absolute Gasteiger partial charge is 0.243 e. The monoisotopic (exact) mass is 303 g/mol. The van der Waals surface area contributed by atoms with Gasteiger partial charge in [-0.05, 0) is 6.92 Å². The predicted molar refractivity (Wildman–Crippen MR) is 75.0 cm³/mol. The number of hydrogen-bond acceptors (Lipinski definition) is 8. The van der Waals surface area contributed by atoms with E-state index >= 15 is 0 Å². The number of aromatic nitrogens is 4. The molecule has 5 N–H and O–H groups in total. The molecule has 0 spiro atoms. The number of fused-ring (bicyclic) bond motifs is 1. The van der Waals surface area contributed by atoms with E-state index in [4.69, 9.17) is 16.9 Å². The number of hydrogen-bond donors (Lipinski definition) is 4. The van der Waals surface area contributed by atoms with Crippen molar-refractivity contribution in [2.24, 2.45) is 0 Å². The molecule has 3 rings (SSSR count). The third kappa shape index (κ3) is 1.78. The highest BCUT2D eigenvalue weighted by Gasteiger charge is 2.52. The molecule has 3 heterocycles. The van der Waals surface area contributed by atoms with Crippen LogP contribution in [0.5, 0.6) is 0 Å². The van der Waals surface area contributed by atoms with Crippen molar-refractivity contribution in [2.75, 3.05) is 5.73 Å². The van der Waals surface area contributed by atoms with Crippen LogP contribution in [0, 0.1) is 12.3 Å². The second-order valence-electron chi connectivity index (χ2n) is 4.86. The summed E-state index contributed by atoms with van der Waals surface area (Å²) in [6, 6.07) is 0. The molecular formula is C13H13N5O4. The number of terminal acetylenes is 1. The molecule has 0 saturated carbocycles. The van der Waals surface area contributed by atoms with Crippen molar-refractivity contribution in [1.29, 1.82) is 0 Å². The lowest BCUT2D eigenvalue weighted by Gasteiger charge is -2.24. The summed E-state index contributed by atoms with van der Waals surface area (Å²) in [5.74, 6) is 1.25. The van der Waals surface area contributed by atoms with Gasteiger partial charge in [-0.3, -0.25) is 4.57 Å². The van der Waals surface area contributed by atoms with Gasteiger partial charge in [0.1, 0.15) is 17.9 Å². The molecule has 1 aliphatic heterocycles. The molecule has 9 heteroatoms. The van der Waals surface area contributed by atoms with E-state index in [0.717, 1.165) is 0 Å². The number of nitrogens with two attached hydrogens (primary N) is 1. The zero-order chi connectivity index (χ0) is 16.1. The Bertz CT molecular complexity index is 821. The van der Waals surface area contributed by atoms with Crippen molar-refractivity contribution in [3.05, 3.63) is 24.0 Å². The second-order valence-corrected chi connectivity index (χ2v) is 4.86. The number of aliphatic hydroxyl groups excluding tert-OH is 2. The van der Waals surface area contributed by atoms with Gasteiger partial charge in [0.2, 0.25) is 17.8 Å². The molecule has 2 aromatic heterocycles. The van der Waals surface area contributed by atoms with Gasteiger partial charge < -0.3 is 25.8 Å². The maximum absolute atomic E-state index is 10.5. The largest absolute Gasteiger partial charge is 0.505 e. The third-order valence-electron chi connectivity index (χ3n) is 3.38. The third-order valence-corrected chi connectivity index (χ3v) is 3.38. The van der Waals surface area contributed by atoms with Gasteiger partial charge in [0, 0.05) is 0 Å². The van der Waals surface area contributed by atoms with Crippen LogP contribution in [-0.2, 0) is 4.74 Å². The second kappa shape index (κ2) is 4.59. The zero-order valence-corrected chi connectivity index (χ0v) is 11.5. The fraction of sp³-hybridized carbons (Fsp3) is 0.308. The molecule has 0 aromatic carbocycles. The first-order chi connectivity index (χ1) is 10.4. The van der Waals surface area contributed by atoms with Crippen LogP contribution in [0.4, 0.5) is 5.95 Å². The van der Waals surface area contributed by atoms with Crippen LogP contribution >= 0.6 is 0 Å². The Morgan fingerprint density at radius 2 is 2.27 bits per heavy atom. The van der Waals surface area contributed by atoms with Crippen molar-refractivity contribution in [1.82, 2.24) is 19.5 Å². The van der Waals surface area contributed by atoms with Gasteiger partial charge in [0.15, 0.2) is 17.2 Å². The summed E-state index contributed by atoms with van der Waals surface area (Å²) in [6.07, 6.45) is 5.67. The molecule has 0 aliphatic carbocycles. The van der Waals surface area contributed by atoms with Gasteiger partial charge in [0.25, 0.3) is 0 Å². The summed E-state index contributed by atoms with van der Waals surface area (Å²) in [4.78, 5) is 11.9. The van der Waals surface area contributed by atoms with Crippen molar-refractivity contribution in [3.8, 4) is 12.3 Å². The van der Waals surface area contributed by atoms with Crippen molar-refractivity contribution < 1.29 is 20.1 Å². The van der Waals surface area contributed by atoms with Gasteiger partial charge in [-0.15, -0.1) is 6.42 Å². The minimum absolute atomic E-state index is 0.00410. The van der Waals surface area contributed by atoms with Crippen LogP contribution in [-0.4, -0.2) is 46.5 Å². The zero-order valence-electron chi connectivity index (χ0n) is 11.5. The maximum atomic E-state index is 10.5. The highest BCUT2D eigenvalue weighted by Crippen LogP contribution is 2.41. The molecular weight excluding hydrogens is 290 g/mol. The summed E-state index contributed by atoms with van der Waals surface area (Å²) in [5, 5.41) is 30.3. The number of nitrogen functional groups attached to an aromatic ring is 1. The topological polar surface area (TPSA) is 140 Å². The van der Waals surface area contributed by atoms with E-state index in [0.29, 0.717) is 5.52 Å². The Hall–Kier alpha value is -2.83. The van der Waals surface area contributed by atoms with Gasteiger partial charge in [-0.2, -0.15) is 4.98 Å². The summed E-state index contributed by atoms with van der Waals surface area (Å²) in [5.41, 5.74) is 4.05. The highest BCUT2D eigenvalue weighted by molar-refractivity contribution is 5.71. The molecule has 22 heavy (non-hydrogen) atoms. The fourth-order valence-corrected chi connectivity index (χ4v) is 2.27. The number of rotatable bonds is 2. The van der Waals surface area contributed by atoms with Gasteiger partial charge >= 0.3 is 0 Å².